The molecule has 2 rings (SSSR count). The van der Waals surface area contributed by atoms with Crippen molar-refractivity contribution in [2.24, 2.45) is 5.73 Å². The largest absolute Gasteiger partial charge is 0.480 e. The third-order valence-corrected chi connectivity index (χ3v) is 2.81. The molecule has 0 fully saturated rings. The van der Waals surface area contributed by atoms with E-state index >= 15 is 0 Å². The highest BCUT2D eigenvalue weighted by Crippen LogP contribution is 2.36. The summed E-state index contributed by atoms with van der Waals surface area (Å²) in [4.78, 5) is 10.6. The predicted molar refractivity (Wildman–Crippen MR) is 66.0 cm³/mol. The summed E-state index contributed by atoms with van der Waals surface area (Å²) in [6.45, 7) is 2.68. The van der Waals surface area contributed by atoms with E-state index < -0.39 is 12.0 Å². The highest BCUT2D eigenvalue weighted by molar-refractivity contribution is 5.73. The molecule has 4 N–H and O–H groups in total. The van der Waals surface area contributed by atoms with Crippen LogP contribution >= 0.6 is 0 Å². The van der Waals surface area contributed by atoms with E-state index in [4.69, 9.17) is 20.3 Å². The molecule has 0 aliphatic carbocycles. The molecule has 0 radical (unpaired) electrons. The number of carboxylic acid groups (broad SMARTS) is 1. The Balaban J connectivity index is 1.96. The Bertz CT molecular complexity index is 462. The van der Waals surface area contributed by atoms with Crippen LogP contribution in [0.4, 0.5) is 5.69 Å². The number of aryl methyl sites for hydroxylation is 1. The molecule has 0 saturated carbocycles. The normalized spacial score (nSPS) is 14.3. The smallest absolute Gasteiger partial charge is 0.320 e. The summed E-state index contributed by atoms with van der Waals surface area (Å²) in [7, 11) is 0. The van der Waals surface area contributed by atoms with Crippen LogP contribution in [0.2, 0.25) is 0 Å². The summed E-state index contributed by atoms with van der Waals surface area (Å²) in [5.41, 5.74) is 7.34. The van der Waals surface area contributed by atoms with Gasteiger partial charge in [-0.25, -0.2) is 0 Å². The Morgan fingerprint density at radius 2 is 2.17 bits per heavy atom. The van der Waals surface area contributed by atoms with Crippen LogP contribution in [0.3, 0.4) is 0 Å². The van der Waals surface area contributed by atoms with Gasteiger partial charge in [0.2, 0.25) is 6.79 Å². The summed E-state index contributed by atoms with van der Waals surface area (Å²) in [6, 6.07) is 2.90. The highest BCUT2D eigenvalue weighted by atomic mass is 16.7. The SMILES string of the molecule is Cc1cc2c(cc1NCCC(N)C(=O)O)OCO2. The maximum atomic E-state index is 10.6. The number of carbonyl (C=O) groups is 1. The quantitative estimate of drug-likeness (QED) is 0.722. The van der Waals surface area contributed by atoms with Gasteiger partial charge in [-0.2, -0.15) is 0 Å². The Labute approximate surface area is 105 Å². The first-order valence-corrected chi connectivity index (χ1v) is 5.70. The minimum Gasteiger partial charge on any atom is -0.480 e. The summed E-state index contributed by atoms with van der Waals surface area (Å²) in [5.74, 6) is 0.449. The van der Waals surface area contributed by atoms with Crippen molar-refractivity contribution in [1.29, 1.82) is 0 Å². The van der Waals surface area contributed by atoms with Gasteiger partial charge in [-0.1, -0.05) is 0 Å². The molecule has 0 aromatic heterocycles. The third kappa shape index (κ3) is 2.65. The average Bonchev–Trinajstić information content (AvgIpc) is 2.75. The molecule has 1 aliphatic heterocycles. The van der Waals surface area contributed by atoms with E-state index in [1.54, 1.807) is 0 Å². The van der Waals surface area contributed by atoms with Gasteiger partial charge in [0.05, 0.1) is 0 Å². The summed E-state index contributed by atoms with van der Waals surface area (Å²) in [6.07, 6.45) is 0.364. The topological polar surface area (TPSA) is 93.8 Å². The van der Waals surface area contributed by atoms with Crippen molar-refractivity contribution in [3.63, 3.8) is 0 Å². The Kier molecular flexibility index (Phi) is 3.57. The molecular formula is C12H16N2O4. The summed E-state index contributed by atoms with van der Waals surface area (Å²) >= 11 is 0. The molecule has 1 aliphatic rings. The molecular weight excluding hydrogens is 236 g/mol. The number of rotatable bonds is 5. The molecule has 6 heteroatoms. The molecule has 0 saturated heterocycles. The van der Waals surface area contributed by atoms with Crippen LogP contribution in [0.15, 0.2) is 12.1 Å². The number of nitrogens with one attached hydrogen (secondary N) is 1. The van der Waals surface area contributed by atoms with Gasteiger partial charge < -0.3 is 25.6 Å². The molecule has 1 atom stereocenters. The second-order valence-corrected chi connectivity index (χ2v) is 4.18. The molecule has 6 nitrogen and oxygen atoms in total. The number of ether oxygens (including phenoxy) is 2. The monoisotopic (exact) mass is 252 g/mol. The van der Waals surface area contributed by atoms with Crippen molar-refractivity contribution in [3.05, 3.63) is 17.7 Å². The summed E-state index contributed by atoms with van der Waals surface area (Å²) in [5, 5.41) is 11.8. The van der Waals surface area contributed by atoms with Gasteiger partial charge in [-0.05, 0) is 25.0 Å². The Hall–Kier alpha value is -1.95. The zero-order chi connectivity index (χ0) is 13.1. The van der Waals surface area contributed by atoms with Gasteiger partial charge in [0.15, 0.2) is 11.5 Å². The molecule has 0 bridgehead atoms. The number of hydrogen-bond donors (Lipinski definition) is 3. The first kappa shape index (κ1) is 12.5. The highest BCUT2D eigenvalue weighted by Gasteiger charge is 2.16. The third-order valence-electron chi connectivity index (χ3n) is 2.81. The van der Waals surface area contributed by atoms with Gasteiger partial charge in [0.25, 0.3) is 0 Å². The predicted octanol–water partition coefficient (Wildman–Crippen LogP) is 0.938. The van der Waals surface area contributed by atoms with E-state index in [-0.39, 0.29) is 6.79 Å². The van der Waals surface area contributed by atoms with Gasteiger partial charge in [0.1, 0.15) is 6.04 Å². The second kappa shape index (κ2) is 5.14. The first-order valence-electron chi connectivity index (χ1n) is 5.70. The maximum Gasteiger partial charge on any atom is 0.320 e. The molecule has 1 heterocycles. The Morgan fingerprint density at radius 3 is 2.83 bits per heavy atom. The van der Waals surface area contributed by atoms with Crippen molar-refractivity contribution in [1.82, 2.24) is 0 Å². The van der Waals surface area contributed by atoms with E-state index in [2.05, 4.69) is 5.32 Å². The van der Waals surface area contributed by atoms with Crippen molar-refractivity contribution >= 4 is 11.7 Å². The molecule has 1 aromatic rings. The fourth-order valence-electron chi connectivity index (χ4n) is 1.72. The second-order valence-electron chi connectivity index (χ2n) is 4.18. The van der Waals surface area contributed by atoms with E-state index in [1.807, 2.05) is 19.1 Å². The van der Waals surface area contributed by atoms with Crippen molar-refractivity contribution in [3.8, 4) is 11.5 Å². The standard InChI is InChI=1S/C12H16N2O4/c1-7-4-10-11(18-6-17-10)5-9(7)14-3-2-8(13)12(15)16/h4-5,8,14H,2-3,6,13H2,1H3,(H,15,16). The molecule has 98 valence electrons. The molecule has 0 spiro atoms. The minimum atomic E-state index is -0.987. The van der Waals surface area contributed by atoms with Gasteiger partial charge in [0, 0.05) is 18.3 Å². The van der Waals surface area contributed by atoms with Crippen molar-refractivity contribution < 1.29 is 19.4 Å². The van der Waals surface area contributed by atoms with Crippen LogP contribution in [0, 0.1) is 6.92 Å². The van der Waals surface area contributed by atoms with Crippen LogP contribution in [-0.2, 0) is 4.79 Å². The summed E-state index contributed by atoms with van der Waals surface area (Å²) < 4.78 is 10.5. The zero-order valence-corrected chi connectivity index (χ0v) is 10.1. The molecule has 1 aromatic carbocycles. The number of anilines is 1. The lowest BCUT2D eigenvalue weighted by Gasteiger charge is -2.12. The average molecular weight is 252 g/mol. The zero-order valence-electron chi connectivity index (χ0n) is 10.1. The number of carboxylic acids is 1. The lowest BCUT2D eigenvalue weighted by molar-refractivity contribution is -0.138. The molecule has 0 amide bonds. The van der Waals surface area contributed by atoms with Gasteiger partial charge in [-0.15, -0.1) is 0 Å². The lowest BCUT2D eigenvalue weighted by Crippen LogP contribution is -2.32. The number of hydrogen-bond acceptors (Lipinski definition) is 5. The van der Waals surface area contributed by atoms with Crippen molar-refractivity contribution in [2.75, 3.05) is 18.7 Å². The lowest BCUT2D eigenvalue weighted by atomic mass is 10.1. The van der Waals surface area contributed by atoms with Crippen LogP contribution < -0.4 is 20.5 Å². The minimum absolute atomic E-state index is 0.238. The number of fused-ring (bicyclic) bond motifs is 1. The number of nitrogens with two attached hydrogens (primary N) is 1. The fraction of sp³-hybridized carbons (Fsp3) is 0.417. The van der Waals surface area contributed by atoms with Crippen LogP contribution in [0.1, 0.15) is 12.0 Å². The van der Waals surface area contributed by atoms with E-state index in [9.17, 15) is 4.79 Å². The van der Waals surface area contributed by atoms with Crippen molar-refractivity contribution in [2.45, 2.75) is 19.4 Å². The number of aliphatic carboxylic acids is 1. The van der Waals surface area contributed by atoms with Gasteiger partial charge in [-0.3, -0.25) is 4.79 Å². The first-order chi connectivity index (χ1) is 8.58. The van der Waals surface area contributed by atoms with E-state index in [1.165, 1.54) is 0 Å². The van der Waals surface area contributed by atoms with E-state index in [0.29, 0.717) is 18.7 Å². The molecule has 18 heavy (non-hydrogen) atoms. The van der Waals surface area contributed by atoms with E-state index in [0.717, 1.165) is 17.0 Å². The van der Waals surface area contributed by atoms with Crippen LogP contribution in [0.5, 0.6) is 11.5 Å². The fourth-order valence-corrected chi connectivity index (χ4v) is 1.72. The molecule has 1 unspecified atom stereocenters. The Morgan fingerprint density at radius 1 is 1.50 bits per heavy atom. The number of benzene rings is 1. The van der Waals surface area contributed by atoms with Gasteiger partial charge >= 0.3 is 5.97 Å². The van der Waals surface area contributed by atoms with Crippen LogP contribution in [-0.4, -0.2) is 30.5 Å². The van der Waals surface area contributed by atoms with Crippen LogP contribution in [0.25, 0.3) is 0 Å². The maximum absolute atomic E-state index is 10.6.